The van der Waals surface area contributed by atoms with E-state index in [0.29, 0.717) is 6.42 Å². The molecule has 1 aliphatic carbocycles. The molecular weight excluding hydrogens is 130 g/mol. The molecule has 0 radical (unpaired) electrons. The summed E-state index contributed by atoms with van der Waals surface area (Å²) in [4.78, 5) is 11.0. The van der Waals surface area contributed by atoms with Crippen LogP contribution in [0.5, 0.6) is 0 Å². The van der Waals surface area contributed by atoms with Crippen molar-refractivity contribution < 1.29 is 9.53 Å². The predicted octanol–water partition coefficient (Wildman–Crippen LogP) is 0.401. The first-order valence-electron chi connectivity index (χ1n) is 3.42. The molecule has 0 spiro atoms. The Morgan fingerprint density at radius 1 is 1.80 bits per heavy atom. The van der Waals surface area contributed by atoms with E-state index in [0.717, 1.165) is 12.8 Å². The van der Waals surface area contributed by atoms with Crippen LogP contribution in [0.25, 0.3) is 0 Å². The highest BCUT2D eigenvalue weighted by Crippen LogP contribution is 2.44. The van der Waals surface area contributed by atoms with Crippen molar-refractivity contribution in [3.63, 3.8) is 0 Å². The van der Waals surface area contributed by atoms with Crippen LogP contribution in [0.1, 0.15) is 19.3 Å². The standard InChI is InChI=1S/C7H7NO2/c8-4-7-5(9)2-1-3-6(7)10-7/h6H,1-3H2. The third-order valence-corrected chi connectivity index (χ3v) is 2.17. The lowest BCUT2D eigenvalue weighted by Gasteiger charge is -2.06. The van der Waals surface area contributed by atoms with Crippen LogP contribution in [-0.4, -0.2) is 17.5 Å². The van der Waals surface area contributed by atoms with E-state index in [2.05, 4.69) is 0 Å². The zero-order valence-electron chi connectivity index (χ0n) is 5.46. The van der Waals surface area contributed by atoms with Crippen molar-refractivity contribution in [2.24, 2.45) is 0 Å². The number of fused-ring (bicyclic) bond motifs is 1. The maximum atomic E-state index is 11.0. The summed E-state index contributed by atoms with van der Waals surface area (Å²) in [6.07, 6.45) is 2.20. The summed E-state index contributed by atoms with van der Waals surface area (Å²) in [7, 11) is 0. The largest absolute Gasteiger partial charge is 0.343 e. The number of carbonyl (C=O) groups excluding carboxylic acids is 1. The number of nitriles is 1. The van der Waals surface area contributed by atoms with Crippen molar-refractivity contribution in [3.8, 4) is 6.07 Å². The topological polar surface area (TPSA) is 53.4 Å². The summed E-state index contributed by atoms with van der Waals surface area (Å²) < 4.78 is 5.02. The Labute approximate surface area is 58.6 Å². The first-order valence-corrected chi connectivity index (χ1v) is 3.42. The summed E-state index contributed by atoms with van der Waals surface area (Å²) in [5.41, 5.74) is -0.988. The van der Waals surface area contributed by atoms with Gasteiger partial charge in [0, 0.05) is 6.42 Å². The lowest BCUT2D eigenvalue weighted by molar-refractivity contribution is -0.122. The zero-order chi connectivity index (χ0) is 7.19. The van der Waals surface area contributed by atoms with Gasteiger partial charge in [0.25, 0.3) is 0 Å². The zero-order valence-corrected chi connectivity index (χ0v) is 5.46. The number of Topliss-reactive ketones (excluding diaryl/α,β-unsaturated/α-hetero) is 1. The fraction of sp³-hybridized carbons (Fsp3) is 0.714. The molecule has 3 nitrogen and oxygen atoms in total. The van der Waals surface area contributed by atoms with Crippen LogP contribution in [0.3, 0.4) is 0 Å². The Morgan fingerprint density at radius 3 is 3.10 bits per heavy atom. The molecular formula is C7H7NO2. The number of epoxide rings is 1. The minimum atomic E-state index is -0.988. The molecule has 2 aliphatic rings. The Kier molecular flexibility index (Phi) is 0.930. The average molecular weight is 137 g/mol. The van der Waals surface area contributed by atoms with Crippen LogP contribution in [0, 0.1) is 11.3 Å². The quantitative estimate of drug-likeness (QED) is 0.454. The number of nitrogens with zero attached hydrogens (tertiary/aromatic N) is 1. The van der Waals surface area contributed by atoms with Crippen LogP contribution < -0.4 is 0 Å². The maximum Gasteiger partial charge on any atom is 0.239 e. The first kappa shape index (κ1) is 5.87. The van der Waals surface area contributed by atoms with Gasteiger partial charge in [-0.05, 0) is 12.8 Å². The predicted molar refractivity (Wildman–Crippen MR) is 32.1 cm³/mol. The first-order chi connectivity index (χ1) is 4.79. The summed E-state index contributed by atoms with van der Waals surface area (Å²) in [6, 6.07) is 1.93. The molecule has 1 saturated heterocycles. The van der Waals surface area contributed by atoms with E-state index in [1.165, 1.54) is 0 Å². The second-order valence-corrected chi connectivity index (χ2v) is 2.77. The number of rotatable bonds is 0. The monoisotopic (exact) mass is 137 g/mol. The summed E-state index contributed by atoms with van der Waals surface area (Å²) >= 11 is 0. The Balaban J connectivity index is 2.27. The fourth-order valence-electron chi connectivity index (χ4n) is 1.49. The summed E-state index contributed by atoms with van der Waals surface area (Å²) in [6.45, 7) is 0. The Morgan fingerprint density at radius 2 is 2.60 bits per heavy atom. The highest BCUT2D eigenvalue weighted by molar-refractivity contribution is 5.94. The van der Waals surface area contributed by atoms with Gasteiger partial charge >= 0.3 is 0 Å². The Bertz CT molecular complexity index is 230. The van der Waals surface area contributed by atoms with E-state index < -0.39 is 5.60 Å². The minimum absolute atomic E-state index is 0.0220. The molecule has 0 aromatic heterocycles. The van der Waals surface area contributed by atoms with E-state index >= 15 is 0 Å². The molecule has 1 heterocycles. The molecule has 0 aromatic rings. The van der Waals surface area contributed by atoms with Crippen molar-refractivity contribution in [2.75, 3.05) is 0 Å². The van der Waals surface area contributed by atoms with Crippen LogP contribution in [0.4, 0.5) is 0 Å². The molecule has 1 aliphatic heterocycles. The van der Waals surface area contributed by atoms with Gasteiger partial charge < -0.3 is 4.74 Å². The van der Waals surface area contributed by atoms with Crippen LogP contribution in [0.15, 0.2) is 0 Å². The van der Waals surface area contributed by atoms with E-state index in [1.807, 2.05) is 6.07 Å². The molecule has 2 fully saturated rings. The van der Waals surface area contributed by atoms with Gasteiger partial charge in [0.1, 0.15) is 12.2 Å². The van der Waals surface area contributed by atoms with Gasteiger partial charge in [-0.3, -0.25) is 4.79 Å². The smallest absolute Gasteiger partial charge is 0.239 e. The highest BCUT2D eigenvalue weighted by Gasteiger charge is 2.64. The minimum Gasteiger partial charge on any atom is -0.343 e. The van der Waals surface area contributed by atoms with Crippen molar-refractivity contribution in [1.82, 2.24) is 0 Å². The van der Waals surface area contributed by atoms with Crippen LogP contribution in [-0.2, 0) is 9.53 Å². The molecule has 52 valence electrons. The number of ketones is 1. The van der Waals surface area contributed by atoms with Crippen LogP contribution >= 0.6 is 0 Å². The Hall–Kier alpha value is -0.880. The lowest BCUT2D eigenvalue weighted by Crippen LogP contribution is -2.28. The second kappa shape index (κ2) is 1.58. The van der Waals surface area contributed by atoms with Gasteiger partial charge in [0.2, 0.25) is 5.60 Å². The van der Waals surface area contributed by atoms with Crippen molar-refractivity contribution in [2.45, 2.75) is 31.0 Å². The third kappa shape index (κ3) is 0.499. The second-order valence-electron chi connectivity index (χ2n) is 2.77. The maximum absolute atomic E-state index is 11.0. The van der Waals surface area contributed by atoms with E-state index in [9.17, 15) is 4.79 Å². The molecule has 2 atom stereocenters. The van der Waals surface area contributed by atoms with Gasteiger partial charge in [0.15, 0.2) is 5.78 Å². The molecule has 2 unspecified atom stereocenters. The van der Waals surface area contributed by atoms with Gasteiger partial charge in [-0.2, -0.15) is 5.26 Å². The molecule has 10 heavy (non-hydrogen) atoms. The van der Waals surface area contributed by atoms with Crippen molar-refractivity contribution in [3.05, 3.63) is 0 Å². The van der Waals surface area contributed by atoms with Gasteiger partial charge in [0.05, 0.1) is 0 Å². The van der Waals surface area contributed by atoms with Gasteiger partial charge in [-0.1, -0.05) is 0 Å². The third-order valence-electron chi connectivity index (χ3n) is 2.17. The van der Waals surface area contributed by atoms with Gasteiger partial charge in [-0.15, -0.1) is 0 Å². The normalized spacial score (nSPS) is 43.9. The number of hydrogen-bond donors (Lipinski definition) is 0. The highest BCUT2D eigenvalue weighted by atomic mass is 16.6. The molecule has 0 bridgehead atoms. The van der Waals surface area contributed by atoms with Gasteiger partial charge in [-0.25, -0.2) is 0 Å². The number of hydrogen-bond acceptors (Lipinski definition) is 3. The molecule has 3 heteroatoms. The van der Waals surface area contributed by atoms with E-state index in [1.54, 1.807) is 0 Å². The SMILES string of the molecule is N#CC12OC1CCCC2=O. The van der Waals surface area contributed by atoms with Crippen LogP contribution in [0.2, 0.25) is 0 Å². The summed E-state index contributed by atoms with van der Waals surface area (Å²) in [5, 5.41) is 8.57. The fourth-order valence-corrected chi connectivity index (χ4v) is 1.49. The average Bonchev–Trinajstić information content (AvgIpc) is 2.65. The molecule has 2 rings (SSSR count). The molecule has 0 N–H and O–H groups in total. The van der Waals surface area contributed by atoms with E-state index in [-0.39, 0.29) is 11.9 Å². The number of carbonyl (C=O) groups is 1. The van der Waals surface area contributed by atoms with E-state index in [4.69, 9.17) is 10.00 Å². The van der Waals surface area contributed by atoms with Crippen molar-refractivity contribution >= 4 is 5.78 Å². The van der Waals surface area contributed by atoms with Crippen molar-refractivity contribution in [1.29, 1.82) is 5.26 Å². The molecule has 0 amide bonds. The molecule has 0 aromatic carbocycles. The summed E-state index contributed by atoms with van der Waals surface area (Å²) in [5.74, 6) is -0.0220. The number of ether oxygens (including phenoxy) is 1. The molecule has 1 saturated carbocycles. The lowest BCUT2D eigenvalue weighted by atomic mass is 9.89.